The van der Waals surface area contributed by atoms with E-state index in [0.717, 1.165) is 18.3 Å². The maximum Gasteiger partial charge on any atom is 0.484 e. The molecule has 0 bridgehead atoms. The van der Waals surface area contributed by atoms with Crippen molar-refractivity contribution < 1.29 is 10.0 Å². The van der Waals surface area contributed by atoms with Crippen molar-refractivity contribution in [2.75, 3.05) is 0 Å². The molecule has 1 aromatic carbocycles. The summed E-state index contributed by atoms with van der Waals surface area (Å²) >= 11 is 0. The molecule has 3 rings (SSSR count). The van der Waals surface area contributed by atoms with Gasteiger partial charge in [0.05, 0.1) is 0 Å². The molecule has 0 aliphatic heterocycles. The maximum atomic E-state index is 9.30. The highest BCUT2D eigenvalue weighted by Crippen LogP contribution is 2.43. The van der Waals surface area contributed by atoms with Crippen LogP contribution in [0.2, 0.25) is 0 Å². The molecule has 17 heavy (non-hydrogen) atoms. The van der Waals surface area contributed by atoms with Crippen LogP contribution in [0.1, 0.15) is 24.5 Å². The minimum Gasteiger partial charge on any atom is -0.423 e. The van der Waals surface area contributed by atoms with Crippen molar-refractivity contribution >= 4 is 12.7 Å². The zero-order valence-corrected chi connectivity index (χ0v) is 9.85. The summed E-state index contributed by atoms with van der Waals surface area (Å²) in [6.07, 6.45) is 3.64. The van der Waals surface area contributed by atoms with Crippen LogP contribution in [0.5, 0.6) is 0 Å². The molecule has 2 aliphatic carbocycles. The van der Waals surface area contributed by atoms with Gasteiger partial charge >= 0.3 is 7.12 Å². The van der Waals surface area contributed by atoms with Crippen molar-refractivity contribution in [3.8, 4) is 0 Å². The Balaban J connectivity index is 2.08. The van der Waals surface area contributed by atoms with Crippen LogP contribution < -0.4 is 0 Å². The first-order valence-electron chi connectivity index (χ1n) is 6.04. The van der Waals surface area contributed by atoms with E-state index in [1.807, 2.05) is 6.08 Å². The van der Waals surface area contributed by atoms with Gasteiger partial charge in [-0.25, -0.2) is 0 Å². The summed E-state index contributed by atoms with van der Waals surface area (Å²) in [4.78, 5) is 0. The third kappa shape index (κ3) is 1.66. The van der Waals surface area contributed by atoms with E-state index in [1.165, 1.54) is 22.3 Å². The number of fused-ring (bicyclic) bond motifs is 2. The Kier molecular flexibility index (Phi) is 2.46. The van der Waals surface area contributed by atoms with Crippen LogP contribution in [-0.4, -0.2) is 17.2 Å². The van der Waals surface area contributed by atoms with Crippen LogP contribution in [0, 0.1) is 5.92 Å². The predicted octanol–water partition coefficient (Wildman–Crippen LogP) is 1.97. The summed E-state index contributed by atoms with van der Waals surface area (Å²) in [6, 6.07) is 8.46. The van der Waals surface area contributed by atoms with Gasteiger partial charge in [0, 0.05) is 0 Å². The lowest BCUT2D eigenvalue weighted by Gasteiger charge is -2.22. The lowest BCUT2D eigenvalue weighted by molar-refractivity contribution is 0.414. The van der Waals surface area contributed by atoms with Crippen molar-refractivity contribution in [3.05, 3.63) is 52.5 Å². The van der Waals surface area contributed by atoms with E-state index in [2.05, 4.69) is 31.2 Å². The number of rotatable bonds is 1. The molecule has 0 spiro atoms. The monoisotopic (exact) mass is 226 g/mol. The number of hydrogen-bond donors (Lipinski definition) is 2. The zero-order valence-electron chi connectivity index (χ0n) is 9.85. The van der Waals surface area contributed by atoms with Crippen LogP contribution >= 0.6 is 0 Å². The van der Waals surface area contributed by atoms with E-state index in [4.69, 9.17) is 0 Å². The number of hydrogen-bond acceptors (Lipinski definition) is 2. The first kappa shape index (κ1) is 10.8. The third-order valence-corrected chi connectivity index (χ3v) is 3.76. The van der Waals surface area contributed by atoms with Gasteiger partial charge in [0.25, 0.3) is 0 Å². The molecule has 0 radical (unpaired) electrons. The summed E-state index contributed by atoms with van der Waals surface area (Å²) in [7, 11) is -1.31. The Labute approximate surface area is 101 Å². The Morgan fingerprint density at radius 3 is 2.76 bits per heavy atom. The van der Waals surface area contributed by atoms with Crippen molar-refractivity contribution in [2.24, 2.45) is 5.92 Å². The van der Waals surface area contributed by atoms with Crippen LogP contribution in [0.3, 0.4) is 0 Å². The van der Waals surface area contributed by atoms with Gasteiger partial charge < -0.3 is 10.0 Å². The van der Waals surface area contributed by atoms with Gasteiger partial charge in [-0.1, -0.05) is 37.3 Å². The maximum absolute atomic E-state index is 9.30. The standard InChI is InChI=1S/C14H15BO2/c1-9-6-12(15(16)17)8-11-7-10-4-2-3-5-13(10)14(9)11/h2-5,8-9,16-17H,6-7H2,1H3. The van der Waals surface area contributed by atoms with Gasteiger partial charge in [-0.3, -0.25) is 0 Å². The van der Waals surface area contributed by atoms with E-state index in [-0.39, 0.29) is 0 Å². The molecule has 0 amide bonds. The predicted molar refractivity (Wildman–Crippen MR) is 69.1 cm³/mol. The normalized spacial score (nSPS) is 22.1. The summed E-state index contributed by atoms with van der Waals surface area (Å²) < 4.78 is 0. The Morgan fingerprint density at radius 2 is 2.00 bits per heavy atom. The quantitative estimate of drug-likeness (QED) is 0.718. The largest absolute Gasteiger partial charge is 0.484 e. The highest BCUT2D eigenvalue weighted by molar-refractivity contribution is 6.50. The fourth-order valence-corrected chi connectivity index (χ4v) is 3.04. The zero-order chi connectivity index (χ0) is 12.0. The van der Waals surface area contributed by atoms with E-state index < -0.39 is 7.12 Å². The van der Waals surface area contributed by atoms with Gasteiger partial charge in [0.1, 0.15) is 0 Å². The van der Waals surface area contributed by atoms with Crippen LogP contribution in [0.25, 0.3) is 5.57 Å². The fourth-order valence-electron chi connectivity index (χ4n) is 3.04. The Bertz CT molecular complexity index is 529. The Hall–Kier alpha value is -1.32. The average Bonchev–Trinajstić information content (AvgIpc) is 2.67. The number of allylic oxidation sites excluding steroid dienone is 4. The molecule has 0 saturated carbocycles. The summed E-state index contributed by atoms with van der Waals surface area (Å²) in [5.41, 5.74) is 6.09. The third-order valence-electron chi connectivity index (χ3n) is 3.76. The SMILES string of the molecule is CC1CC(B(O)O)=CC2=C1c1ccccc1C2. The van der Waals surface area contributed by atoms with E-state index in [0.29, 0.717) is 5.92 Å². The van der Waals surface area contributed by atoms with Crippen molar-refractivity contribution in [1.29, 1.82) is 0 Å². The highest BCUT2D eigenvalue weighted by Gasteiger charge is 2.30. The molecule has 3 heteroatoms. The molecule has 86 valence electrons. The molecule has 1 unspecified atom stereocenters. The molecular weight excluding hydrogens is 211 g/mol. The lowest BCUT2D eigenvalue weighted by atomic mass is 9.69. The minimum absolute atomic E-state index is 0.371. The van der Waals surface area contributed by atoms with Gasteiger partial charge in [0.15, 0.2) is 0 Å². The molecule has 2 nitrogen and oxygen atoms in total. The van der Waals surface area contributed by atoms with Crippen molar-refractivity contribution in [3.63, 3.8) is 0 Å². The average molecular weight is 226 g/mol. The molecular formula is C14H15BO2. The van der Waals surface area contributed by atoms with Crippen LogP contribution in [0.4, 0.5) is 0 Å². The second-order valence-corrected chi connectivity index (χ2v) is 4.97. The van der Waals surface area contributed by atoms with Crippen molar-refractivity contribution in [1.82, 2.24) is 0 Å². The molecule has 1 aromatic rings. The first-order chi connectivity index (χ1) is 8.16. The molecule has 2 aliphatic rings. The lowest BCUT2D eigenvalue weighted by Crippen LogP contribution is -2.20. The summed E-state index contributed by atoms with van der Waals surface area (Å²) in [5.74, 6) is 0.371. The van der Waals surface area contributed by atoms with E-state index in [9.17, 15) is 10.0 Å². The van der Waals surface area contributed by atoms with Crippen LogP contribution in [0.15, 0.2) is 41.4 Å². The summed E-state index contributed by atoms with van der Waals surface area (Å²) in [6.45, 7) is 2.16. The fraction of sp³-hybridized carbons (Fsp3) is 0.286. The van der Waals surface area contributed by atoms with Gasteiger partial charge in [-0.05, 0) is 46.5 Å². The molecule has 0 aromatic heterocycles. The van der Waals surface area contributed by atoms with Gasteiger partial charge in [-0.2, -0.15) is 0 Å². The number of benzene rings is 1. The van der Waals surface area contributed by atoms with E-state index >= 15 is 0 Å². The van der Waals surface area contributed by atoms with Gasteiger partial charge in [-0.15, -0.1) is 0 Å². The molecule has 0 heterocycles. The molecule has 1 atom stereocenters. The molecule has 2 N–H and O–H groups in total. The highest BCUT2D eigenvalue weighted by atomic mass is 16.4. The molecule has 0 saturated heterocycles. The van der Waals surface area contributed by atoms with Crippen molar-refractivity contribution in [2.45, 2.75) is 19.8 Å². The Morgan fingerprint density at radius 1 is 1.24 bits per heavy atom. The minimum atomic E-state index is -1.31. The molecule has 0 fully saturated rings. The second kappa shape index (κ2) is 3.86. The first-order valence-corrected chi connectivity index (χ1v) is 6.04. The van der Waals surface area contributed by atoms with Crippen LogP contribution in [-0.2, 0) is 6.42 Å². The summed E-state index contributed by atoms with van der Waals surface area (Å²) in [5, 5.41) is 18.6. The van der Waals surface area contributed by atoms with Gasteiger partial charge in [0.2, 0.25) is 0 Å². The van der Waals surface area contributed by atoms with E-state index in [1.54, 1.807) is 0 Å². The second-order valence-electron chi connectivity index (χ2n) is 4.97. The smallest absolute Gasteiger partial charge is 0.423 e. The topological polar surface area (TPSA) is 40.5 Å².